The van der Waals surface area contributed by atoms with Crippen LogP contribution in [-0.2, 0) is 16.6 Å². The van der Waals surface area contributed by atoms with Crippen molar-refractivity contribution >= 4 is 50.1 Å². The van der Waals surface area contributed by atoms with Crippen molar-refractivity contribution in [3.05, 3.63) is 60.5 Å². The first kappa shape index (κ1) is 26.4. The Kier molecular flexibility index (Phi) is 7.26. The third-order valence-electron chi connectivity index (χ3n) is 7.18. The summed E-state index contributed by atoms with van der Waals surface area (Å²) in [5.74, 6) is 0.509. The van der Waals surface area contributed by atoms with E-state index in [9.17, 15) is 12.8 Å². The first-order valence-corrected chi connectivity index (χ1v) is 14.9. The van der Waals surface area contributed by atoms with Gasteiger partial charge in [-0.1, -0.05) is 0 Å². The summed E-state index contributed by atoms with van der Waals surface area (Å²) in [4.78, 5) is 18.5. The van der Waals surface area contributed by atoms with Crippen molar-refractivity contribution < 1.29 is 12.8 Å². The molecule has 0 unspecified atom stereocenters. The van der Waals surface area contributed by atoms with Crippen LogP contribution >= 0.6 is 0 Å². The molecule has 0 radical (unpaired) electrons. The molecule has 2 aliphatic rings. The Morgan fingerprint density at radius 1 is 0.925 bits per heavy atom. The summed E-state index contributed by atoms with van der Waals surface area (Å²) >= 11 is 0. The van der Waals surface area contributed by atoms with Crippen molar-refractivity contribution in [1.29, 1.82) is 0 Å². The average Bonchev–Trinajstić information content (AvgIpc) is 3.76. The molecule has 40 heavy (non-hydrogen) atoms. The number of piperazine rings is 1. The van der Waals surface area contributed by atoms with Crippen LogP contribution < -0.4 is 20.3 Å². The molecule has 2 aromatic heterocycles. The quantitative estimate of drug-likeness (QED) is 0.266. The SMILES string of the molecule is CN1CCN(c2ccc(Nc3ncc4nc(Nc5ccc(F)cc5)n(CCNS(=O)(=O)C5CC5)c4n3)cc2)CC1. The van der Waals surface area contributed by atoms with Crippen LogP contribution in [0.3, 0.4) is 0 Å². The van der Waals surface area contributed by atoms with E-state index in [-0.39, 0.29) is 17.6 Å². The number of imidazole rings is 1. The number of anilines is 5. The van der Waals surface area contributed by atoms with Crippen LogP contribution in [0.4, 0.5) is 33.3 Å². The smallest absolute Gasteiger partial charge is 0.229 e. The number of nitrogens with one attached hydrogen (secondary N) is 3. The standard InChI is InChI=1S/C27H32FN9O2S/c1-35-14-16-36(17-15-35)22-8-6-20(7-9-22)31-26-29-18-24-25(34-26)37(13-12-30-40(38,39)23-10-11-23)27(33-24)32-21-4-2-19(28)3-5-21/h2-9,18,23,30H,10-17H2,1H3,(H,32,33)(H,29,31,34). The minimum Gasteiger partial charge on any atom is -0.369 e. The number of fused-ring (bicyclic) bond motifs is 1. The van der Waals surface area contributed by atoms with Gasteiger partial charge in [0.25, 0.3) is 0 Å². The predicted molar refractivity (Wildman–Crippen MR) is 154 cm³/mol. The molecule has 2 fully saturated rings. The molecule has 11 nitrogen and oxygen atoms in total. The Morgan fingerprint density at radius 3 is 2.30 bits per heavy atom. The highest BCUT2D eigenvalue weighted by Crippen LogP contribution is 2.28. The van der Waals surface area contributed by atoms with Gasteiger partial charge in [0.15, 0.2) is 5.65 Å². The maximum Gasteiger partial charge on any atom is 0.229 e. The largest absolute Gasteiger partial charge is 0.369 e. The van der Waals surface area contributed by atoms with E-state index in [1.165, 1.54) is 17.8 Å². The number of nitrogens with zero attached hydrogens (tertiary/aromatic N) is 6. The van der Waals surface area contributed by atoms with Gasteiger partial charge in [-0.25, -0.2) is 27.5 Å². The van der Waals surface area contributed by atoms with Crippen LogP contribution in [0, 0.1) is 5.82 Å². The Balaban J connectivity index is 1.23. The third-order valence-corrected chi connectivity index (χ3v) is 9.14. The number of halogens is 1. The molecule has 210 valence electrons. The molecule has 1 aliphatic carbocycles. The number of sulfonamides is 1. The topological polar surface area (TPSA) is 120 Å². The monoisotopic (exact) mass is 565 g/mol. The number of hydrogen-bond donors (Lipinski definition) is 3. The molecule has 3 N–H and O–H groups in total. The minimum absolute atomic E-state index is 0.183. The molecule has 4 aromatic rings. The predicted octanol–water partition coefficient (Wildman–Crippen LogP) is 3.29. The zero-order chi connectivity index (χ0) is 27.7. The van der Waals surface area contributed by atoms with Crippen molar-refractivity contribution in [3.63, 3.8) is 0 Å². The van der Waals surface area contributed by atoms with E-state index in [0.29, 0.717) is 48.1 Å². The molecule has 13 heteroatoms. The summed E-state index contributed by atoms with van der Waals surface area (Å²) in [7, 11) is -1.19. The van der Waals surface area contributed by atoms with Crippen LogP contribution in [0.1, 0.15) is 12.8 Å². The van der Waals surface area contributed by atoms with Crippen LogP contribution in [0.25, 0.3) is 11.2 Å². The number of hydrogen-bond acceptors (Lipinski definition) is 9. The van der Waals surface area contributed by atoms with Gasteiger partial charge in [-0.15, -0.1) is 0 Å². The minimum atomic E-state index is -3.33. The van der Waals surface area contributed by atoms with E-state index < -0.39 is 10.0 Å². The second-order valence-corrected chi connectivity index (χ2v) is 12.3. The Bertz CT molecular complexity index is 1580. The van der Waals surface area contributed by atoms with Gasteiger partial charge in [-0.3, -0.25) is 4.57 Å². The van der Waals surface area contributed by atoms with E-state index >= 15 is 0 Å². The van der Waals surface area contributed by atoms with Crippen molar-refractivity contribution in [2.45, 2.75) is 24.6 Å². The van der Waals surface area contributed by atoms with Crippen LogP contribution in [-0.4, -0.2) is 77.9 Å². The van der Waals surface area contributed by atoms with Crippen LogP contribution in [0.2, 0.25) is 0 Å². The highest BCUT2D eigenvalue weighted by Gasteiger charge is 2.35. The first-order chi connectivity index (χ1) is 19.3. The Hall–Kier alpha value is -3.81. The third kappa shape index (κ3) is 6.01. The fourth-order valence-corrected chi connectivity index (χ4v) is 6.06. The average molecular weight is 566 g/mol. The molecule has 1 saturated carbocycles. The number of benzene rings is 2. The Morgan fingerprint density at radius 2 is 1.60 bits per heavy atom. The van der Waals surface area contributed by atoms with Crippen molar-refractivity contribution in [3.8, 4) is 0 Å². The van der Waals surface area contributed by atoms with Gasteiger partial charge in [0.05, 0.1) is 11.4 Å². The summed E-state index contributed by atoms with van der Waals surface area (Å²) in [5.41, 5.74) is 3.76. The molecule has 3 heterocycles. The van der Waals surface area contributed by atoms with Gasteiger partial charge in [-0.05, 0) is 68.4 Å². The van der Waals surface area contributed by atoms with E-state index in [0.717, 1.165) is 31.9 Å². The number of rotatable bonds is 10. The molecular weight excluding hydrogens is 533 g/mol. The highest BCUT2D eigenvalue weighted by molar-refractivity contribution is 7.90. The summed E-state index contributed by atoms with van der Waals surface area (Å²) in [6, 6.07) is 14.1. The van der Waals surface area contributed by atoms with Crippen molar-refractivity contribution in [2.24, 2.45) is 0 Å². The van der Waals surface area contributed by atoms with Gasteiger partial charge in [-0.2, -0.15) is 4.98 Å². The summed E-state index contributed by atoms with van der Waals surface area (Å²) < 4.78 is 42.7. The van der Waals surface area contributed by atoms with Gasteiger partial charge < -0.3 is 20.4 Å². The lowest BCUT2D eigenvalue weighted by atomic mass is 10.2. The van der Waals surface area contributed by atoms with E-state index in [1.54, 1.807) is 22.9 Å². The first-order valence-electron chi connectivity index (χ1n) is 13.4. The second kappa shape index (κ2) is 11.0. The van der Waals surface area contributed by atoms with Crippen molar-refractivity contribution in [2.75, 3.05) is 55.3 Å². The molecule has 1 aliphatic heterocycles. The summed E-state index contributed by atoms with van der Waals surface area (Å²) in [6.45, 7) is 4.56. The summed E-state index contributed by atoms with van der Waals surface area (Å²) in [6.07, 6.45) is 3.02. The molecule has 0 spiro atoms. The normalized spacial score (nSPS) is 16.4. The molecule has 6 rings (SSSR count). The summed E-state index contributed by atoms with van der Waals surface area (Å²) in [5, 5.41) is 6.16. The maximum absolute atomic E-state index is 13.4. The second-order valence-electron chi connectivity index (χ2n) is 10.2. The zero-order valence-electron chi connectivity index (χ0n) is 22.2. The lowest BCUT2D eigenvalue weighted by molar-refractivity contribution is 0.313. The number of likely N-dealkylation sites (N-methyl/N-ethyl adjacent to an activating group) is 1. The van der Waals surface area contributed by atoms with E-state index in [4.69, 9.17) is 4.98 Å². The Labute approximate surface area is 232 Å². The van der Waals surface area contributed by atoms with Crippen molar-refractivity contribution in [1.82, 2.24) is 29.1 Å². The zero-order valence-corrected chi connectivity index (χ0v) is 23.0. The van der Waals surface area contributed by atoms with E-state index in [1.807, 2.05) is 12.1 Å². The molecule has 1 saturated heterocycles. The highest BCUT2D eigenvalue weighted by atomic mass is 32.2. The molecular formula is C27H32FN9O2S. The molecule has 0 bridgehead atoms. The molecule has 0 atom stereocenters. The van der Waals surface area contributed by atoms with Crippen LogP contribution in [0.5, 0.6) is 0 Å². The van der Waals surface area contributed by atoms with E-state index in [2.05, 4.69) is 54.3 Å². The lowest BCUT2D eigenvalue weighted by Crippen LogP contribution is -2.44. The fraction of sp³-hybridized carbons (Fsp3) is 0.370. The lowest BCUT2D eigenvalue weighted by Gasteiger charge is -2.34. The fourth-order valence-electron chi connectivity index (χ4n) is 4.69. The van der Waals surface area contributed by atoms with Crippen LogP contribution in [0.15, 0.2) is 54.7 Å². The van der Waals surface area contributed by atoms with Gasteiger partial charge in [0.1, 0.15) is 11.3 Å². The van der Waals surface area contributed by atoms with Gasteiger partial charge in [0.2, 0.25) is 21.9 Å². The maximum atomic E-state index is 13.4. The molecule has 2 aromatic carbocycles. The molecule has 0 amide bonds. The number of aromatic nitrogens is 4. The van der Waals surface area contributed by atoms with Gasteiger partial charge in [0, 0.05) is 56.3 Å². The van der Waals surface area contributed by atoms with Gasteiger partial charge >= 0.3 is 0 Å².